The minimum absolute atomic E-state index is 0.510. The number of fused-ring (bicyclic) bond motifs is 2. The van der Waals surface area contributed by atoms with Crippen molar-refractivity contribution in [1.29, 1.82) is 0 Å². The van der Waals surface area contributed by atoms with Crippen molar-refractivity contribution in [2.75, 3.05) is 10.6 Å². The van der Waals surface area contributed by atoms with Crippen LogP contribution < -0.4 is 10.6 Å². The van der Waals surface area contributed by atoms with Gasteiger partial charge in [0.15, 0.2) is 5.11 Å². The molecular weight excluding hydrogens is 440 g/mol. The van der Waals surface area contributed by atoms with Gasteiger partial charge in [-0.2, -0.15) is 0 Å². The van der Waals surface area contributed by atoms with Gasteiger partial charge >= 0.3 is 0 Å². The molecule has 0 radical (unpaired) electrons. The lowest BCUT2D eigenvalue weighted by atomic mass is 10.1. The van der Waals surface area contributed by atoms with Gasteiger partial charge in [-0.3, -0.25) is 0 Å². The molecule has 6 rings (SSSR count). The fraction of sp³-hybridized carbons (Fsp3) is 0. The van der Waals surface area contributed by atoms with Gasteiger partial charge in [-0.05, 0) is 66.1 Å². The summed E-state index contributed by atoms with van der Waals surface area (Å²) in [7, 11) is 0. The predicted octanol–water partition coefficient (Wildman–Crippen LogP) is 6.58. The molecule has 3 aromatic carbocycles. The normalized spacial score (nSPS) is 11.1. The summed E-state index contributed by atoms with van der Waals surface area (Å²) < 4.78 is 0. The fourth-order valence-corrected chi connectivity index (χ4v) is 4.31. The topological polar surface area (TPSA) is 81.4 Å². The Morgan fingerprint density at radius 1 is 0.676 bits per heavy atom. The molecule has 0 unspecified atom stereocenters. The Morgan fingerprint density at radius 2 is 1.38 bits per heavy atom. The summed E-state index contributed by atoms with van der Waals surface area (Å²) in [5.74, 6) is 0. The Hall–Kier alpha value is -4.49. The summed E-state index contributed by atoms with van der Waals surface area (Å²) in [6.07, 6.45) is 3.77. The Balaban J connectivity index is 1.33. The third-order valence-corrected chi connectivity index (χ3v) is 5.87. The van der Waals surface area contributed by atoms with E-state index >= 15 is 0 Å². The van der Waals surface area contributed by atoms with Crippen molar-refractivity contribution in [2.45, 2.75) is 0 Å². The largest absolute Gasteiger partial charge is 0.360 e. The van der Waals surface area contributed by atoms with Crippen molar-refractivity contribution in [2.24, 2.45) is 0 Å². The van der Waals surface area contributed by atoms with Crippen molar-refractivity contribution in [3.05, 3.63) is 97.3 Å². The maximum Gasteiger partial charge on any atom is 0.175 e. The third kappa shape index (κ3) is 3.78. The SMILES string of the molecule is S=C(Nc1ccc2nc(-c3ccc[nH]3)c(-c3ccc[nH]3)nc2c1)Nc1cccc2ccccc12. The molecular formula is C27H20N6S. The molecule has 3 heterocycles. The van der Waals surface area contributed by atoms with Crippen LogP contribution in [0, 0.1) is 0 Å². The average molecular weight is 461 g/mol. The molecule has 0 aliphatic carbocycles. The third-order valence-electron chi connectivity index (χ3n) is 5.67. The summed E-state index contributed by atoms with van der Waals surface area (Å²) in [4.78, 5) is 16.3. The number of anilines is 2. The van der Waals surface area contributed by atoms with Crippen LogP contribution in [0.15, 0.2) is 97.3 Å². The Kier molecular flexibility index (Phi) is 5.01. The maximum atomic E-state index is 5.60. The summed E-state index contributed by atoms with van der Waals surface area (Å²) in [6.45, 7) is 0. The number of hydrogen-bond donors (Lipinski definition) is 4. The highest BCUT2D eigenvalue weighted by atomic mass is 32.1. The molecule has 34 heavy (non-hydrogen) atoms. The highest BCUT2D eigenvalue weighted by Crippen LogP contribution is 2.30. The zero-order valence-electron chi connectivity index (χ0n) is 18.0. The molecule has 0 atom stereocenters. The molecule has 6 nitrogen and oxygen atoms in total. The zero-order chi connectivity index (χ0) is 22.9. The van der Waals surface area contributed by atoms with Crippen LogP contribution in [0.1, 0.15) is 0 Å². The number of rotatable bonds is 4. The van der Waals surface area contributed by atoms with Gasteiger partial charge in [0, 0.05) is 29.2 Å². The maximum absolute atomic E-state index is 5.60. The summed E-state index contributed by atoms with van der Waals surface area (Å²) in [5.41, 5.74) is 6.79. The fourth-order valence-electron chi connectivity index (χ4n) is 4.08. The van der Waals surface area contributed by atoms with Gasteiger partial charge in [0.2, 0.25) is 0 Å². The van der Waals surface area contributed by atoms with Crippen molar-refractivity contribution in [1.82, 2.24) is 19.9 Å². The zero-order valence-corrected chi connectivity index (χ0v) is 18.9. The first-order valence-corrected chi connectivity index (χ1v) is 11.3. The van der Waals surface area contributed by atoms with E-state index in [4.69, 9.17) is 22.2 Å². The minimum atomic E-state index is 0.510. The van der Waals surface area contributed by atoms with Crippen LogP contribution in [0.3, 0.4) is 0 Å². The predicted molar refractivity (Wildman–Crippen MR) is 143 cm³/mol. The van der Waals surface area contributed by atoms with Crippen molar-refractivity contribution >= 4 is 50.5 Å². The van der Waals surface area contributed by atoms with Crippen molar-refractivity contribution in [3.63, 3.8) is 0 Å². The van der Waals surface area contributed by atoms with Gasteiger partial charge in [0.05, 0.1) is 22.4 Å². The summed E-state index contributed by atoms with van der Waals surface area (Å²) in [5, 5.41) is 9.39. The molecule has 0 spiro atoms. The van der Waals surface area contributed by atoms with Crippen LogP contribution in [0.5, 0.6) is 0 Å². The van der Waals surface area contributed by atoms with Crippen molar-refractivity contribution < 1.29 is 0 Å². The quantitative estimate of drug-likeness (QED) is 0.223. The molecule has 7 heteroatoms. The molecule has 0 fully saturated rings. The second-order valence-electron chi connectivity index (χ2n) is 7.90. The first-order chi connectivity index (χ1) is 16.7. The van der Waals surface area contributed by atoms with Gasteiger partial charge in [-0.1, -0.05) is 36.4 Å². The minimum Gasteiger partial charge on any atom is -0.360 e. The Labute approximate surface area is 201 Å². The van der Waals surface area contributed by atoms with E-state index in [-0.39, 0.29) is 0 Å². The number of H-pyrrole nitrogens is 2. The lowest BCUT2D eigenvalue weighted by Crippen LogP contribution is -2.19. The van der Waals surface area contributed by atoms with Gasteiger partial charge in [0.1, 0.15) is 11.4 Å². The monoisotopic (exact) mass is 460 g/mol. The lowest BCUT2D eigenvalue weighted by Gasteiger charge is -2.13. The van der Waals surface area contributed by atoms with E-state index in [1.54, 1.807) is 0 Å². The molecule has 3 aromatic heterocycles. The first kappa shape index (κ1) is 20.1. The van der Waals surface area contributed by atoms with E-state index in [0.29, 0.717) is 5.11 Å². The van der Waals surface area contributed by atoms with Crippen LogP contribution in [-0.2, 0) is 0 Å². The lowest BCUT2D eigenvalue weighted by molar-refractivity contribution is 1.24. The molecule has 6 aromatic rings. The number of aromatic nitrogens is 4. The smallest absolute Gasteiger partial charge is 0.175 e. The van der Waals surface area contributed by atoms with Gasteiger partial charge in [0.25, 0.3) is 0 Å². The second kappa shape index (κ2) is 8.46. The number of benzene rings is 3. The summed E-state index contributed by atoms with van der Waals surface area (Å²) >= 11 is 5.60. The van der Waals surface area contributed by atoms with Crippen LogP contribution in [0.4, 0.5) is 11.4 Å². The highest BCUT2D eigenvalue weighted by Gasteiger charge is 2.15. The Bertz CT molecular complexity index is 1620. The molecule has 0 bridgehead atoms. The average Bonchev–Trinajstić information content (AvgIpc) is 3.58. The van der Waals surface area contributed by atoms with Gasteiger partial charge in [-0.25, -0.2) is 9.97 Å². The molecule has 4 N–H and O–H groups in total. The number of nitrogens with one attached hydrogen (secondary N) is 4. The van der Waals surface area contributed by atoms with E-state index in [9.17, 15) is 0 Å². The second-order valence-corrected chi connectivity index (χ2v) is 8.31. The van der Waals surface area contributed by atoms with E-state index in [1.807, 2.05) is 79.1 Å². The van der Waals surface area contributed by atoms with Crippen molar-refractivity contribution in [3.8, 4) is 22.8 Å². The van der Waals surface area contributed by atoms with Crippen LogP contribution in [0.2, 0.25) is 0 Å². The van der Waals surface area contributed by atoms with E-state index in [2.05, 4.69) is 38.8 Å². The van der Waals surface area contributed by atoms with E-state index < -0.39 is 0 Å². The Morgan fingerprint density at radius 3 is 2.12 bits per heavy atom. The van der Waals surface area contributed by atoms with Crippen LogP contribution in [0.25, 0.3) is 44.6 Å². The van der Waals surface area contributed by atoms with E-state index in [0.717, 1.165) is 56.0 Å². The summed E-state index contributed by atoms with van der Waals surface area (Å²) in [6, 6.07) is 28.1. The van der Waals surface area contributed by atoms with E-state index in [1.165, 1.54) is 0 Å². The highest BCUT2D eigenvalue weighted by molar-refractivity contribution is 7.80. The van der Waals surface area contributed by atoms with Gasteiger partial charge in [-0.15, -0.1) is 0 Å². The number of aromatic amines is 2. The number of hydrogen-bond acceptors (Lipinski definition) is 3. The molecule has 0 saturated carbocycles. The van der Waals surface area contributed by atoms with Crippen LogP contribution in [-0.4, -0.2) is 25.0 Å². The molecule has 0 aliphatic rings. The molecule has 0 aliphatic heterocycles. The molecule has 164 valence electrons. The van der Waals surface area contributed by atoms with Crippen LogP contribution >= 0.6 is 12.2 Å². The molecule has 0 amide bonds. The molecule has 0 saturated heterocycles. The number of thiocarbonyl (C=S) groups is 1. The number of nitrogens with zero attached hydrogens (tertiary/aromatic N) is 2. The van der Waals surface area contributed by atoms with Gasteiger partial charge < -0.3 is 20.6 Å². The first-order valence-electron chi connectivity index (χ1n) is 10.9. The standard InChI is InChI=1S/C27H20N6S/c34-27(33-20-9-3-7-17-6-1-2-8-19(17)20)30-18-12-13-21-24(16-18)32-26(23-11-5-15-29-23)25(31-21)22-10-4-14-28-22/h1-16,28-29H,(H2,30,33,34).